The molecular formula is C14H16Li4N5O13P3. The van der Waals surface area contributed by atoms with Crippen molar-refractivity contribution < 1.29 is 132 Å². The van der Waals surface area contributed by atoms with E-state index in [9.17, 15) is 43.2 Å². The number of hydrogen-bond donors (Lipinski definition) is 4. The maximum atomic E-state index is 12.4. The van der Waals surface area contributed by atoms with Gasteiger partial charge in [-0.15, -0.1) is 0 Å². The summed E-state index contributed by atoms with van der Waals surface area (Å²) < 4.78 is 51.0. The summed E-state index contributed by atoms with van der Waals surface area (Å²) in [6.45, 7) is -0.995. The van der Waals surface area contributed by atoms with E-state index in [0.717, 1.165) is 0 Å². The van der Waals surface area contributed by atoms with Gasteiger partial charge in [-0.05, 0) is 0 Å². The Morgan fingerprint density at radius 1 is 1.15 bits per heavy atom. The van der Waals surface area contributed by atoms with E-state index in [4.69, 9.17) is 16.2 Å². The second-order valence-corrected chi connectivity index (χ2v) is 11.1. The molecule has 18 nitrogen and oxygen atoms in total. The summed E-state index contributed by atoms with van der Waals surface area (Å²) in [5, 5.41) is 10.3. The van der Waals surface area contributed by atoms with Gasteiger partial charge in [-0.25, -0.2) is 4.31 Å². The molecule has 39 heavy (non-hydrogen) atoms. The van der Waals surface area contributed by atoms with Crippen LogP contribution in [-0.4, -0.2) is 45.0 Å². The fraction of sp³-hybridized carbons (Fsp3) is 0.429. The molecule has 1 aliphatic rings. The van der Waals surface area contributed by atoms with Crippen LogP contribution in [0.4, 0.5) is 5.95 Å². The summed E-state index contributed by atoms with van der Waals surface area (Å²) in [5.74, 6) is 5.04. The van der Waals surface area contributed by atoms with Crippen molar-refractivity contribution in [2.24, 2.45) is 5.73 Å². The fourth-order valence-electron chi connectivity index (χ4n) is 3.12. The Morgan fingerprint density at radius 2 is 1.77 bits per heavy atom. The zero-order valence-corrected chi connectivity index (χ0v) is 23.9. The van der Waals surface area contributed by atoms with Gasteiger partial charge < -0.3 is 54.5 Å². The molecule has 1 aliphatic heterocycles. The molecule has 1 saturated heterocycles. The molecule has 0 saturated carbocycles. The third-order valence-corrected chi connectivity index (χ3v) is 8.00. The number of H-pyrrole nitrogens is 1. The van der Waals surface area contributed by atoms with Crippen molar-refractivity contribution in [1.82, 2.24) is 14.5 Å². The van der Waals surface area contributed by atoms with E-state index in [1.54, 1.807) is 0 Å². The van der Waals surface area contributed by atoms with Crippen molar-refractivity contribution in [2.75, 3.05) is 18.9 Å². The number of ether oxygens (including phenoxy) is 1. The van der Waals surface area contributed by atoms with Gasteiger partial charge in [0.1, 0.15) is 12.3 Å². The number of phosphoric ester groups is 1. The number of phosphoric acid groups is 3. The minimum Gasteiger partial charge on any atom is -0.790 e. The fourth-order valence-corrected chi connectivity index (χ4v) is 5.98. The molecule has 3 heterocycles. The first-order chi connectivity index (χ1) is 16.1. The van der Waals surface area contributed by atoms with E-state index in [1.807, 2.05) is 0 Å². The summed E-state index contributed by atoms with van der Waals surface area (Å²) in [4.78, 5) is 62.4. The van der Waals surface area contributed by atoms with Crippen LogP contribution < -0.4 is 112 Å². The van der Waals surface area contributed by atoms with Gasteiger partial charge in [0.25, 0.3) is 21.2 Å². The van der Waals surface area contributed by atoms with Crippen LogP contribution in [0.5, 0.6) is 0 Å². The van der Waals surface area contributed by atoms with E-state index < -0.39 is 54.1 Å². The Hall–Kier alpha value is 0.460. The first-order valence-corrected chi connectivity index (χ1v) is 13.6. The molecule has 194 valence electrons. The number of rotatable bonds is 8. The van der Waals surface area contributed by atoms with E-state index >= 15 is 0 Å². The number of fused-ring (bicyclic) bond motifs is 1. The van der Waals surface area contributed by atoms with E-state index in [1.165, 1.54) is 10.8 Å². The molecule has 5 unspecified atom stereocenters. The van der Waals surface area contributed by atoms with Crippen molar-refractivity contribution in [3.05, 3.63) is 22.1 Å². The molecule has 3 rings (SSSR count). The van der Waals surface area contributed by atoms with Gasteiger partial charge in [-0.2, -0.15) is 4.98 Å². The summed E-state index contributed by atoms with van der Waals surface area (Å²) in [6, 6.07) is 0. The zero-order valence-electron chi connectivity index (χ0n) is 21.2. The van der Waals surface area contributed by atoms with Crippen LogP contribution in [0.15, 0.2) is 11.0 Å². The second-order valence-electron chi connectivity index (χ2n) is 6.84. The van der Waals surface area contributed by atoms with Crippen LogP contribution in [0, 0.1) is 11.8 Å². The van der Waals surface area contributed by atoms with Gasteiger partial charge >= 0.3 is 75.4 Å². The molecule has 1 fully saturated rings. The van der Waals surface area contributed by atoms with Crippen molar-refractivity contribution in [2.45, 2.75) is 24.9 Å². The number of aliphatic hydroxyl groups excluding tert-OH is 1. The van der Waals surface area contributed by atoms with Gasteiger partial charge in [-0.3, -0.25) is 23.2 Å². The molecule has 5 atom stereocenters. The standard InChI is InChI=1S/C14H20N5O13P3.4Li/c15-3-1-2-7-5-19(12-11(7)13(21)18-14(16)17-12)10-4-8(20)9(30-10)6-29-34(25,26)32-35(27,28)31-33(22,23)24;;;;/h5,8-10,20H,3-4,6,15H2,(H,25,26)(H,27,28)(H2,22,23,24)(H3,16,17,18,21);;;;/q;4*+1/p-4. The monoisotopic (exact) mass is 583 g/mol. The Bertz CT molecular complexity index is 1390. The van der Waals surface area contributed by atoms with Crippen molar-refractivity contribution >= 4 is 40.4 Å². The SMILES string of the molecule is NCC#Cc1cn(C2CC(O)C(COP(=O)([O-])OP(=O)([O-])OP(=O)([O-])[O-])O2)c2nc(N)[nH]c(=O)c12.[Li+].[Li+].[Li+].[Li+]. The Morgan fingerprint density at radius 3 is 2.33 bits per heavy atom. The molecule has 0 spiro atoms. The summed E-state index contributed by atoms with van der Waals surface area (Å²) in [7, 11) is -18.1. The van der Waals surface area contributed by atoms with E-state index in [2.05, 4.69) is 35.0 Å². The molecule has 2 aromatic rings. The molecule has 6 N–H and O–H groups in total. The second kappa shape index (κ2) is 16.3. The molecular weight excluding hydrogens is 567 g/mol. The van der Waals surface area contributed by atoms with Gasteiger partial charge in [0.2, 0.25) is 5.95 Å². The van der Waals surface area contributed by atoms with Crippen LogP contribution in [-0.2, 0) is 31.6 Å². The van der Waals surface area contributed by atoms with Crippen LogP contribution in [0.3, 0.4) is 0 Å². The molecule has 2 aromatic heterocycles. The van der Waals surface area contributed by atoms with Crippen LogP contribution in [0.1, 0.15) is 18.2 Å². The number of nitrogens with one attached hydrogen (secondary N) is 1. The predicted octanol–water partition coefficient (Wildman–Crippen LogP) is -15.9. The van der Waals surface area contributed by atoms with Gasteiger partial charge in [0, 0.05) is 12.6 Å². The topological polar surface area (TPSA) is 303 Å². The van der Waals surface area contributed by atoms with Crippen molar-refractivity contribution in [3.8, 4) is 11.8 Å². The van der Waals surface area contributed by atoms with Crippen LogP contribution >= 0.6 is 23.5 Å². The molecule has 0 aromatic carbocycles. The van der Waals surface area contributed by atoms with Gasteiger partial charge in [-0.1, -0.05) is 11.8 Å². The third kappa shape index (κ3) is 11.6. The number of nitrogens with two attached hydrogens (primary N) is 2. The molecule has 0 amide bonds. The Labute approximate surface area is 268 Å². The molecule has 0 bridgehead atoms. The number of aromatic nitrogens is 3. The summed E-state index contributed by atoms with van der Waals surface area (Å²) in [5.41, 5.74) is 10.6. The third-order valence-electron chi connectivity index (χ3n) is 4.34. The molecule has 0 radical (unpaired) electrons. The normalized spacial score (nSPS) is 21.5. The average Bonchev–Trinajstić information content (AvgIpc) is 3.22. The summed E-state index contributed by atoms with van der Waals surface area (Å²) >= 11 is 0. The minimum atomic E-state index is -6.14. The minimum absolute atomic E-state index is 0. The maximum Gasteiger partial charge on any atom is 1.00 e. The van der Waals surface area contributed by atoms with Crippen LogP contribution in [0.25, 0.3) is 11.0 Å². The molecule has 25 heteroatoms. The number of aliphatic hydroxyl groups is 1. The largest absolute Gasteiger partial charge is 1.00 e. The van der Waals surface area contributed by atoms with Gasteiger partial charge in [0.15, 0.2) is 5.65 Å². The van der Waals surface area contributed by atoms with Gasteiger partial charge in [0.05, 0.1) is 38.0 Å². The van der Waals surface area contributed by atoms with Crippen molar-refractivity contribution in [1.29, 1.82) is 0 Å². The number of nitrogens with zero attached hydrogens (tertiary/aromatic N) is 2. The Kier molecular flexibility index (Phi) is 17.4. The first kappa shape index (κ1) is 41.6. The average molecular weight is 583 g/mol. The quantitative estimate of drug-likeness (QED) is 0.127. The first-order valence-electron chi connectivity index (χ1n) is 9.25. The number of nitrogen functional groups attached to an aromatic ring is 1. The maximum absolute atomic E-state index is 12.4. The van der Waals surface area contributed by atoms with Crippen molar-refractivity contribution in [3.63, 3.8) is 0 Å². The number of aromatic amines is 1. The Balaban J connectivity index is 0. The number of hydrogen-bond acceptors (Lipinski definition) is 16. The van der Waals surface area contributed by atoms with Crippen LogP contribution in [0.2, 0.25) is 0 Å². The number of anilines is 1. The van der Waals surface area contributed by atoms with E-state index in [0.29, 0.717) is 0 Å². The smallest absolute Gasteiger partial charge is 0.790 e. The van der Waals surface area contributed by atoms with E-state index in [-0.39, 0.29) is 111 Å². The molecule has 0 aliphatic carbocycles. The summed E-state index contributed by atoms with van der Waals surface area (Å²) in [6.07, 6.45) is -2.56. The zero-order chi connectivity index (χ0) is 26.2. The predicted molar refractivity (Wildman–Crippen MR) is 106 cm³/mol.